The number of benzene rings is 7. The average molecular weight is 636 g/mol. The molecule has 2 aromatic heterocycles. The van der Waals surface area contributed by atoms with Gasteiger partial charge in [0.15, 0.2) is 5.69 Å². The van der Waals surface area contributed by atoms with Crippen LogP contribution in [0, 0.1) is 29.2 Å². The normalized spacial score (nSPS) is 11.1. The van der Waals surface area contributed by atoms with Crippen LogP contribution in [0.25, 0.3) is 82.1 Å². The molecule has 0 unspecified atom stereocenters. The SMILES string of the molecule is [C-]#[N+]c1ccc(-c2cccc(-c3cccc(-n4c5ccccc5c5ccccc54)c3)c2)c(-n2c3ccc(C#N)cc3c3c(C#N)cccc32)c1. The Morgan fingerprint density at radius 3 is 1.90 bits per heavy atom. The molecular weight excluding hydrogens is 611 g/mol. The summed E-state index contributed by atoms with van der Waals surface area (Å²) >= 11 is 0. The third kappa shape index (κ3) is 4.38. The Labute approximate surface area is 288 Å². The smallest absolute Gasteiger partial charge is 0.189 e. The van der Waals surface area contributed by atoms with Crippen molar-refractivity contribution in [2.75, 3.05) is 0 Å². The maximum Gasteiger partial charge on any atom is 0.189 e. The highest BCUT2D eigenvalue weighted by atomic mass is 15.0. The van der Waals surface area contributed by atoms with Gasteiger partial charge >= 0.3 is 0 Å². The number of hydrogen-bond acceptors (Lipinski definition) is 2. The second-order valence-corrected chi connectivity index (χ2v) is 12.3. The number of hydrogen-bond donors (Lipinski definition) is 0. The van der Waals surface area contributed by atoms with Gasteiger partial charge in [0.25, 0.3) is 0 Å². The largest absolute Gasteiger partial charge is 0.310 e. The first-order valence-electron chi connectivity index (χ1n) is 16.3. The van der Waals surface area contributed by atoms with Crippen LogP contribution in [0.4, 0.5) is 5.69 Å². The van der Waals surface area contributed by atoms with E-state index in [-0.39, 0.29) is 0 Å². The van der Waals surface area contributed by atoms with Gasteiger partial charge in [-0.25, -0.2) is 4.85 Å². The van der Waals surface area contributed by atoms with Gasteiger partial charge in [-0.3, -0.25) is 0 Å². The standard InChI is InChI=1S/C45H25N5/c1-48-34-20-21-36(44(26-34)50-42-22-19-29(27-46)23-39(42)45-33(28-47)12-8-18-43(45)50)32-11-6-9-30(24-32)31-10-7-13-35(25-31)49-40-16-4-2-14-37(40)38-15-3-5-17-41(38)49/h2-26H. The van der Waals surface area contributed by atoms with Crippen molar-refractivity contribution in [2.45, 2.75) is 0 Å². The molecule has 0 atom stereocenters. The predicted molar refractivity (Wildman–Crippen MR) is 202 cm³/mol. The molecule has 230 valence electrons. The minimum Gasteiger partial charge on any atom is -0.310 e. The van der Waals surface area contributed by atoms with Crippen molar-refractivity contribution in [3.63, 3.8) is 0 Å². The molecule has 5 nitrogen and oxygen atoms in total. The summed E-state index contributed by atoms with van der Waals surface area (Å²) in [5.41, 5.74) is 11.6. The van der Waals surface area contributed by atoms with E-state index in [0.29, 0.717) is 16.8 Å². The van der Waals surface area contributed by atoms with Crippen LogP contribution in [-0.2, 0) is 0 Å². The van der Waals surface area contributed by atoms with Crippen LogP contribution >= 0.6 is 0 Å². The zero-order valence-electron chi connectivity index (χ0n) is 26.7. The van der Waals surface area contributed by atoms with E-state index in [1.54, 1.807) is 12.1 Å². The number of aromatic nitrogens is 2. The van der Waals surface area contributed by atoms with E-state index in [9.17, 15) is 10.5 Å². The van der Waals surface area contributed by atoms with Crippen molar-refractivity contribution in [3.8, 4) is 45.8 Å². The molecule has 0 spiro atoms. The minimum atomic E-state index is 0.513. The number of para-hydroxylation sites is 2. The Bertz CT molecular complexity index is 2920. The fourth-order valence-electron chi connectivity index (χ4n) is 7.40. The molecule has 7 aromatic carbocycles. The van der Waals surface area contributed by atoms with E-state index in [4.69, 9.17) is 6.57 Å². The van der Waals surface area contributed by atoms with Crippen LogP contribution in [0.5, 0.6) is 0 Å². The number of nitriles is 2. The van der Waals surface area contributed by atoms with Crippen molar-refractivity contribution in [2.24, 2.45) is 0 Å². The molecular formula is C45H25N5. The maximum atomic E-state index is 10.1. The first-order valence-corrected chi connectivity index (χ1v) is 16.3. The van der Waals surface area contributed by atoms with Gasteiger partial charge in [-0.15, -0.1) is 0 Å². The molecule has 0 radical (unpaired) electrons. The van der Waals surface area contributed by atoms with Gasteiger partial charge in [0.2, 0.25) is 0 Å². The lowest BCUT2D eigenvalue weighted by Crippen LogP contribution is -1.98. The molecule has 9 aromatic rings. The molecule has 0 N–H and O–H groups in total. The Morgan fingerprint density at radius 2 is 1.16 bits per heavy atom. The summed E-state index contributed by atoms with van der Waals surface area (Å²) in [7, 11) is 0. The zero-order valence-corrected chi connectivity index (χ0v) is 26.7. The average Bonchev–Trinajstić information content (AvgIpc) is 3.70. The summed E-state index contributed by atoms with van der Waals surface area (Å²) in [5, 5.41) is 23.8. The monoisotopic (exact) mass is 635 g/mol. The summed E-state index contributed by atoms with van der Waals surface area (Å²) < 4.78 is 4.45. The third-order valence-corrected chi connectivity index (χ3v) is 9.58. The molecule has 0 aliphatic rings. The molecule has 0 aliphatic carbocycles. The lowest BCUT2D eigenvalue weighted by molar-refractivity contribution is 1.18. The van der Waals surface area contributed by atoms with Crippen molar-refractivity contribution in [3.05, 3.63) is 174 Å². The summed E-state index contributed by atoms with van der Waals surface area (Å²) in [6.45, 7) is 7.84. The van der Waals surface area contributed by atoms with Gasteiger partial charge in [0, 0.05) is 38.5 Å². The fraction of sp³-hybridized carbons (Fsp3) is 0. The number of fused-ring (bicyclic) bond motifs is 6. The maximum absolute atomic E-state index is 10.1. The van der Waals surface area contributed by atoms with E-state index < -0.39 is 0 Å². The van der Waals surface area contributed by atoms with E-state index >= 15 is 0 Å². The van der Waals surface area contributed by atoms with Gasteiger partial charge in [-0.05, 0) is 83.4 Å². The highest BCUT2D eigenvalue weighted by molar-refractivity contribution is 6.13. The van der Waals surface area contributed by atoms with Crippen molar-refractivity contribution in [1.82, 2.24) is 9.13 Å². The van der Waals surface area contributed by atoms with Crippen LogP contribution in [0.3, 0.4) is 0 Å². The quantitative estimate of drug-likeness (QED) is 0.181. The summed E-state index contributed by atoms with van der Waals surface area (Å²) in [4.78, 5) is 3.78. The first kappa shape index (κ1) is 28.8. The summed E-state index contributed by atoms with van der Waals surface area (Å²) in [6.07, 6.45) is 0. The predicted octanol–water partition coefficient (Wildman–Crippen LogP) is 11.5. The van der Waals surface area contributed by atoms with Crippen molar-refractivity contribution < 1.29 is 0 Å². The zero-order chi connectivity index (χ0) is 33.8. The van der Waals surface area contributed by atoms with Crippen LogP contribution in [0.15, 0.2) is 152 Å². The van der Waals surface area contributed by atoms with Gasteiger partial charge in [-0.2, -0.15) is 10.5 Å². The van der Waals surface area contributed by atoms with Crippen LogP contribution in [-0.4, -0.2) is 9.13 Å². The fourth-order valence-corrected chi connectivity index (χ4v) is 7.40. The Hall–Kier alpha value is -7.39. The van der Waals surface area contributed by atoms with E-state index in [2.05, 4.69) is 123 Å². The molecule has 0 amide bonds. The molecule has 0 fully saturated rings. The van der Waals surface area contributed by atoms with Gasteiger partial charge in [-0.1, -0.05) is 84.9 Å². The summed E-state index contributed by atoms with van der Waals surface area (Å²) in [5.74, 6) is 0. The molecule has 5 heteroatoms. The highest BCUT2D eigenvalue weighted by Gasteiger charge is 2.19. The Kier molecular flexibility index (Phi) is 6.56. The highest BCUT2D eigenvalue weighted by Crippen LogP contribution is 2.40. The lowest BCUT2D eigenvalue weighted by atomic mass is 9.97. The molecule has 50 heavy (non-hydrogen) atoms. The van der Waals surface area contributed by atoms with Crippen LogP contribution in [0.1, 0.15) is 11.1 Å². The molecule has 0 saturated heterocycles. The molecule has 2 heterocycles. The van der Waals surface area contributed by atoms with Gasteiger partial charge in [0.05, 0.1) is 51.9 Å². The number of nitrogens with zero attached hydrogens (tertiary/aromatic N) is 5. The molecule has 0 saturated carbocycles. The van der Waals surface area contributed by atoms with Gasteiger partial charge < -0.3 is 9.13 Å². The minimum absolute atomic E-state index is 0.513. The van der Waals surface area contributed by atoms with Crippen LogP contribution in [0.2, 0.25) is 0 Å². The Morgan fingerprint density at radius 1 is 0.500 bits per heavy atom. The van der Waals surface area contributed by atoms with Crippen molar-refractivity contribution in [1.29, 1.82) is 10.5 Å². The molecule has 0 aliphatic heterocycles. The second-order valence-electron chi connectivity index (χ2n) is 12.3. The van der Waals surface area contributed by atoms with Crippen molar-refractivity contribution >= 4 is 49.3 Å². The molecule has 0 bridgehead atoms. The summed E-state index contributed by atoms with van der Waals surface area (Å²) in [6, 6.07) is 55.8. The van der Waals surface area contributed by atoms with Crippen LogP contribution < -0.4 is 0 Å². The van der Waals surface area contributed by atoms with E-state index in [1.165, 1.54) is 10.8 Å². The topological polar surface area (TPSA) is 61.8 Å². The molecule has 9 rings (SSSR count). The lowest BCUT2D eigenvalue weighted by Gasteiger charge is -2.16. The third-order valence-electron chi connectivity index (χ3n) is 9.58. The van der Waals surface area contributed by atoms with Gasteiger partial charge in [0.1, 0.15) is 0 Å². The first-order chi connectivity index (χ1) is 24.7. The Balaban J connectivity index is 1.24. The number of rotatable bonds is 4. The van der Waals surface area contributed by atoms with E-state index in [0.717, 1.165) is 66.5 Å². The second kappa shape index (κ2) is 11.4. The van der Waals surface area contributed by atoms with E-state index in [1.807, 2.05) is 42.5 Å².